The predicted molar refractivity (Wildman–Crippen MR) is 129 cm³/mol. The molecule has 2 aliphatic heterocycles. The summed E-state index contributed by atoms with van der Waals surface area (Å²) in [5.41, 5.74) is 2.18. The average molecular weight is 486 g/mol. The summed E-state index contributed by atoms with van der Waals surface area (Å²) in [6.07, 6.45) is 3.27. The van der Waals surface area contributed by atoms with Crippen LogP contribution in [-0.2, 0) is 32.6 Å². The molecule has 1 saturated heterocycles. The summed E-state index contributed by atoms with van der Waals surface area (Å²) < 4.78 is 33.0. The lowest BCUT2D eigenvalue weighted by Crippen LogP contribution is -2.47. The van der Waals surface area contributed by atoms with E-state index in [0.717, 1.165) is 24.8 Å². The van der Waals surface area contributed by atoms with Gasteiger partial charge in [0.25, 0.3) is 0 Å². The largest absolute Gasteiger partial charge is 0.497 e. The molecule has 0 aliphatic carbocycles. The molecule has 0 radical (unpaired) electrons. The number of sulfonamides is 1. The summed E-state index contributed by atoms with van der Waals surface area (Å²) in [5, 5.41) is 2.92. The van der Waals surface area contributed by atoms with Gasteiger partial charge < -0.3 is 10.1 Å². The molecule has 1 unspecified atom stereocenters. The Morgan fingerprint density at radius 2 is 1.85 bits per heavy atom. The molecule has 0 spiro atoms. The molecule has 2 amide bonds. The number of hydrogen-bond donors (Lipinski definition) is 1. The lowest BCUT2D eigenvalue weighted by atomic mass is 10.1. The third-order valence-corrected chi connectivity index (χ3v) is 8.36. The first-order chi connectivity index (χ1) is 16.3. The van der Waals surface area contributed by atoms with Crippen molar-refractivity contribution in [2.75, 3.05) is 25.1 Å². The molecule has 2 heterocycles. The van der Waals surface area contributed by atoms with E-state index >= 15 is 0 Å². The van der Waals surface area contributed by atoms with Crippen LogP contribution in [0.5, 0.6) is 5.75 Å². The summed E-state index contributed by atoms with van der Waals surface area (Å²) in [6, 6.07) is 11.5. The third-order valence-electron chi connectivity index (χ3n) is 6.46. The Hall–Kier alpha value is -2.91. The van der Waals surface area contributed by atoms with E-state index in [-0.39, 0.29) is 29.6 Å². The van der Waals surface area contributed by atoms with Crippen LogP contribution in [0.3, 0.4) is 0 Å². The Morgan fingerprint density at radius 1 is 1.09 bits per heavy atom. The number of rotatable bonds is 7. The maximum atomic E-state index is 13.1. The van der Waals surface area contributed by atoms with Gasteiger partial charge in [-0.15, -0.1) is 0 Å². The van der Waals surface area contributed by atoms with Crippen LogP contribution in [0.4, 0.5) is 5.69 Å². The van der Waals surface area contributed by atoms with Gasteiger partial charge in [0.15, 0.2) is 0 Å². The zero-order chi connectivity index (χ0) is 24.3. The number of carbonyl (C=O) groups excluding carboxylic acids is 2. The second kappa shape index (κ2) is 10.1. The summed E-state index contributed by atoms with van der Waals surface area (Å²) in [7, 11) is -2.02. The fraction of sp³-hybridized carbons (Fsp3) is 0.440. The highest BCUT2D eigenvalue weighted by molar-refractivity contribution is 7.89. The van der Waals surface area contributed by atoms with Crippen molar-refractivity contribution >= 4 is 27.5 Å². The number of nitrogens with one attached hydrogen (secondary N) is 1. The quantitative estimate of drug-likeness (QED) is 0.651. The van der Waals surface area contributed by atoms with E-state index < -0.39 is 16.1 Å². The number of fused-ring (bicyclic) bond motifs is 1. The maximum Gasteiger partial charge on any atom is 0.243 e. The third kappa shape index (κ3) is 4.81. The second-order valence-corrected chi connectivity index (χ2v) is 10.6. The van der Waals surface area contributed by atoms with Crippen LogP contribution in [0.2, 0.25) is 0 Å². The zero-order valence-corrected chi connectivity index (χ0v) is 20.4. The molecule has 0 saturated carbocycles. The Kier molecular flexibility index (Phi) is 7.23. The number of benzene rings is 2. The predicted octanol–water partition coefficient (Wildman–Crippen LogP) is 2.85. The van der Waals surface area contributed by atoms with Gasteiger partial charge in [0.2, 0.25) is 21.8 Å². The fourth-order valence-electron chi connectivity index (χ4n) is 4.62. The molecule has 2 aliphatic rings. The van der Waals surface area contributed by atoms with E-state index in [1.54, 1.807) is 32.2 Å². The van der Waals surface area contributed by atoms with E-state index in [9.17, 15) is 18.0 Å². The Labute approximate surface area is 200 Å². The minimum absolute atomic E-state index is 0.174. The van der Waals surface area contributed by atoms with Gasteiger partial charge in [0, 0.05) is 38.2 Å². The lowest BCUT2D eigenvalue weighted by molar-refractivity contribution is -0.126. The summed E-state index contributed by atoms with van der Waals surface area (Å²) in [4.78, 5) is 27.6. The van der Waals surface area contributed by atoms with Crippen LogP contribution in [0.1, 0.15) is 43.7 Å². The molecule has 0 aromatic heterocycles. The zero-order valence-electron chi connectivity index (χ0n) is 19.6. The average Bonchev–Trinajstić information content (AvgIpc) is 3.26. The number of ether oxygens (including phenoxy) is 1. The summed E-state index contributed by atoms with van der Waals surface area (Å²) >= 11 is 0. The van der Waals surface area contributed by atoms with Crippen molar-refractivity contribution in [2.24, 2.45) is 0 Å². The SMILES string of the molecule is CCC(=O)N1c2ccc(S(=O)(=O)N3CCCCC3)cc2CC1C(=O)NCc1cccc(OC)c1. The van der Waals surface area contributed by atoms with Gasteiger partial charge in [0.1, 0.15) is 11.8 Å². The Morgan fingerprint density at radius 3 is 2.56 bits per heavy atom. The molecule has 1 fully saturated rings. The van der Waals surface area contributed by atoms with Gasteiger partial charge in [-0.2, -0.15) is 4.31 Å². The number of hydrogen-bond acceptors (Lipinski definition) is 5. The molecular formula is C25H31N3O5S. The van der Waals surface area contributed by atoms with Crippen molar-refractivity contribution in [3.8, 4) is 5.75 Å². The first-order valence-electron chi connectivity index (χ1n) is 11.7. The smallest absolute Gasteiger partial charge is 0.243 e. The number of carbonyl (C=O) groups is 2. The number of methoxy groups -OCH3 is 1. The number of anilines is 1. The maximum absolute atomic E-state index is 13.1. The number of nitrogens with zero attached hydrogens (tertiary/aromatic N) is 2. The molecule has 2 aromatic carbocycles. The van der Waals surface area contributed by atoms with Crippen LogP contribution < -0.4 is 15.0 Å². The molecule has 1 atom stereocenters. The molecule has 182 valence electrons. The van der Waals surface area contributed by atoms with E-state index in [1.807, 2.05) is 24.3 Å². The van der Waals surface area contributed by atoms with Crippen molar-refractivity contribution in [3.63, 3.8) is 0 Å². The monoisotopic (exact) mass is 485 g/mol. The van der Waals surface area contributed by atoms with Crippen molar-refractivity contribution in [1.29, 1.82) is 0 Å². The highest BCUT2D eigenvalue weighted by atomic mass is 32.2. The minimum atomic E-state index is -3.60. The molecule has 0 bridgehead atoms. The molecule has 2 aromatic rings. The van der Waals surface area contributed by atoms with Crippen molar-refractivity contribution in [2.45, 2.75) is 56.5 Å². The van der Waals surface area contributed by atoms with Gasteiger partial charge in [-0.25, -0.2) is 8.42 Å². The van der Waals surface area contributed by atoms with E-state index in [2.05, 4.69) is 5.32 Å². The Balaban J connectivity index is 1.55. The van der Waals surface area contributed by atoms with Crippen LogP contribution in [0, 0.1) is 0 Å². The minimum Gasteiger partial charge on any atom is -0.497 e. The van der Waals surface area contributed by atoms with Crippen LogP contribution in [0.25, 0.3) is 0 Å². The fourth-order valence-corrected chi connectivity index (χ4v) is 6.19. The topological polar surface area (TPSA) is 96.0 Å². The molecule has 8 nitrogen and oxygen atoms in total. The van der Waals surface area contributed by atoms with E-state index in [4.69, 9.17) is 4.74 Å². The highest BCUT2D eigenvalue weighted by Gasteiger charge is 2.38. The van der Waals surface area contributed by atoms with Crippen molar-refractivity contribution < 1.29 is 22.7 Å². The summed E-state index contributed by atoms with van der Waals surface area (Å²) in [5.74, 6) is 0.249. The standard InChI is InChI=1S/C25H31N3O5S/c1-3-24(29)28-22-11-10-21(34(31,32)27-12-5-4-6-13-27)15-19(22)16-23(28)25(30)26-17-18-8-7-9-20(14-18)33-2/h7-11,14-15,23H,3-6,12-13,16-17H2,1-2H3,(H,26,30). The van der Waals surface area contributed by atoms with Gasteiger partial charge in [0.05, 0.1) is 12.0 Å². The van der Waals surface area contributed by atoms with Gasteiger partial charge >= 0.3 is 0 Å². The number of amides is 2. The van der Waals surface area contributed by atoms with Gasteiger partial charge in [-0.1, -0.05) is 25.5 Å². The van der Waals surface area contributed by atoms with Crippen LogP contribution in [0.15, 0.2) is 47.4 Å². The van der Waals surface area contributed by atoms with E-state index in [0.29, 0.717) is 36.6 Å². The Bertz CT molecular complexity index is 1170. The lowest BCUT2D eigenvalue weighted by Gasteiger charge is -2.26. The first kappa shape index (κ1) is 24.2. The van der Waals surface area contributed by atoms with Gasteiger partial charge in [-0.3, -0.25) is 14.5 Å². The molecular weight excluding hydrogens is 454 g/mol. The number of piperidine rings is 1. The van der Waals surface area contributed by atoms with E-state index in [1.165, 1.54) is 9.21 Å². The highest BCUT2D eigenvalue weighted by Crippen LogP contribution is 2.35. The molecule has 34 heavy (non-hydrogen) atoms. The van der Waals surface area contributed by atoms with Crippen molar-refractivity contribution in [3.05, 3.63) is 53.6 Å². The van der Waals surface area contributed by atoms with Crippen LogP contribution in [-0.4, -0.2) is 50.8 Å². The summed E-state index contributed by atoms with van der Waals surface area (Å²) in [6.45, 7) is 3.09. The van der Waals surface area contributed by atoms with Gasteiger partial charge in [-0.05, 0) is 54.3 Å². The van der Waals surface area contributed by atoms with Crippen molar-refractivity contribution in [1.82, 2.24) is 9.62 Å². The molecule has 4 rings (SSSR count). The van der Waals surface area contributed by atoms with Crippen LogP contribution >= 0.6 is 0 Å². The molecule has 1 N–H and O–H groups in total. The normalized spacial score (nSPS) is 18.4. The second-order valence-electron chi connectivity index (χ2n) is 8.66. The first-order valence-corrected chi connectivity index (χ1v) is 13.1. The molecule has 9 heteroatoms.